The van der Waals surface area contributed by atoms with Crippen molar-refractivity contribution < 1.29 is 9.47 Å². The third kappa shape index (κ3) is 3.02. The van der Waals surface area contributed by atoms with Crippen LogP contribution in [0.3, 0.4) is 0 Å². The molecule has 0 amide bonds. The van der Waals surface area contributed by atoms with Gasteiger partial charge in [-0.05, 0) is 69.8 Å². The van der Waals surface area contributed by atoms with Crippen molar-refractivity contribution in [2.75, 3.05) is 14.2 Å². The quantitative estimate of drug-likeness (QED) is 0.602. The van der Waals surface area contributed by atoms with Crippen LogP contribution in [0, 0.1) is 3.57 Å². The summed E-state index contributed by atoms with van der Waals surface area (Å²) in [5.74, 6) is 1.47. The van der Waals surface area contributed by atoms with Gasteiger partial charge >= 0.3 is 0 Å². The minimum atomic E-state index is 0.725. The van der Waals surface area contributed by atoms with Crippen LogP contribution in [-0.2, 0) is 6.42 Å². The normalized spacial score (nSPS) is 10.7. The lowest BCUT2D eigenvalue weighted by molar-refractivity contribution is 0.356. The van der Waals surface area contributed by atoms with E-state index in [2.05, 4.69) is 51.8 Å². The zero-order valence-corrected chi connectivity index (χ0v) is 14.6. The molecular formula is C18H16INO2. The maximum Gasteiger partial charge on any atom is 0.161 e. The highest BCUT2D eigenvalue weighted by Gasteiger charge is 2.09. The highest BCUT2D eigenvalue weighted by atomic mass is 127. The van der Waals surface area contributed by atoms with Crippen LogP contribution in [0.4, 0.5) is 0 Å². The Bertz CT molecular complexity index is 800. The first-order valence-electron chi connectivity index (χ1n) is 6.94. The van der Waals surface area contributed by atoms with Gasteiger partial charge in [0.05, 0.1) is 14.2 Å². The number of benzene rings is 2. The fraction of sp³-hybridized carbons (Fsp3) is 0.167. The summed E-state index contributed by atoms with van der Waals surface area (Å²) in [5.41, 5.74) is 2.45. The monoisotopic (exact) mass is 405 g/mol. The van der Waals surface area contributed by atoms with Crippen molar-refractivity contribution in [3.63, 3.8) is 0 Å². The van der Waals surface area contributed by atoms with Crippen LogP contribution in [0.25, 0.3) is 10.8 Å². The van der Waals surface area contributed by atoms with E-state index in [1.807, 2.05) is 24.5 Å². The van der Waals surface area contributed by atoms with Crippen molar-refractivity contribution in [2.45, 2.75) is 6.42 Å². The number of hydrogen-bond donors (Lipinski definition) is 0. The standard InChI is InChI=1S/C18H16INO2/c1-21-17-8-14-11-20-10-13(16(14)9-18(17)22-2)7-12-3-5-15(19)6-4-12/h3-6,8-11H,7H2,1-2H3. The third-order valence-corrected chi connectivity index (χ3v) is 4.37. The van der Waals surface area contributed by atoms with Crippen LogP contribution < -0.4 is 9.47 Å². The van der Waals surface area contributed by atoms with Gasteiger partial charge in [0.2, 0.25) is 0 Å². The number of nitrogens with zero attached hydrogens (tertiary/aromatic N) is 1. The Labute approximate surface area is 143 Å². The van der Waals surface area contributed by atoms with E-state index in [4.69, 9.17) is 9.47 Å². The highest BCUT2D eigenvalue weighted by Crippen LogP contribution is 2.33. The van der Waals surface area contributed by atoms with Crippen LogP contribution in [0.1, 0.15) is 11.1 Å². The van der Waals surface area contributed by atoms with Gasteiger partial charge in [-0.25, -0.2) is 0 Å². The summed E-state index contributed by atoms with van der Waals surface area (Å²) in [5, 5.41) is 2.20. The average molecular weight is 405 g/mol. The Kier molecular flexibility index (Phi) is 4.47. The van der Waals surface area contributed by atoms with Crippen molar-refractivity contribution in [2.24, 2.45) is 0 Å². The van der Waals surface area contributed by atoms with E-state index in [0.29, 0.717) is 0 Å². The molecule has 0 saturated heterocycles. The van der Waals surface area contributed by atoms with Gasteiger partial charge in [0, 0.05) is 21.4 Å². The maximum absolute atomic E-state index is 5.42. The molecule has 0 unspecified atom stereocenters. The summed E-state index contributed by atoms with van der Waals surface area (Å²) in [6.07, 6.45) is 4.62. The molecule has 0 aliphatic rings. The molecule has 3 rings (SSSR count). The lowest BCUT2D eigenvalue weighted by Crippen LogP contribution is -1.95. The Balaban J connectivity index is 2.07. The van der Waals surface area contributed by atoms with E-state index < -0.39 is 0 Å². The third-order valence-electron chi connectivity index (χ3n) is 3.65. The molecule has 0 bridgehead atoms. The number of hydrogen-bond acceptors (Lipinski definition) is 3. The molecule has 112 valence electrons. The molecule has 2 aromatic carbocycles. The predicted molar refractivity (Wildman–Crippen MR) is 96.8 cm³/mol. The Hall–Kier alpha value is -1.82. The molecule has 0 radical (unpaired) electrons. The minimum Gasteiger partial charge on any atom is -0.493 e. The molecule has 0 spiro atoms. The maximum atomic E-state index is 5.42. The van der Waals surface area contributed by atoms with Crippen LogP contribution >= 0.6 is 22.6 Å². The number of rotatable bonds is 4. The van der Waals surface area contributed by atoms with Gasteiger partial charge in [0.15, 0.2) is 11.5 Å². The van der Waals surface area contributed by atoms with Gasteiger partial charge in [0.1, 0.15) is 0 Å². The fourth-order valence-electron chi connectivity index (χ4n) is 2.52. The van der Waals surface area contributed by atoms with Crippen LogP contribution in [0.5, 0.6) is 11.5 Å². The first kappa shape index (κ1) is 15.1. The van der Waals surface area contributed by atoms with Crippen molar-refractivity contribution in [3.05, 3.63) is 63.5 Å². The molecule has 1 aromatic heterocycles. The fourth-order valence-corrected chi connectivity index (χ4v) is 2.88. The van der Waals surface area contributed by atoms with Gasteiger partial charge in [0.25, 0.3) is 0 Å². The first-order valence-corrected chi connectivity index (χ1v) is 8.02. The number of pyridine rings is 1. The number of aromatic nitrogens is 1. The van der Waals surface area contributed by atoms with Crippen molar-refractivity contribution in [1.29, 1.82) is 0 Å². The lowest BCUT2D eigenvalue weighted by Gasteiger charge is -2.12. The molecule has 0 aliphatic heterocycles. The van der Waals surface area contributed by atoms with Crippen LogP contribution in [0.15, 0.2) is 48.8 Å². The van der Waals surface area contributed by atoms with Crippen molar-refractivity contribution >= 4 is 33.4 Å². The van der Waals surface area contributed by atoms with E-state index in [1.54, 1.807) is 14.2 Å². The van der Waals surface area contributed by atoms with Crippen molar-refractivity contribution in [3.8, 4) is 11.5 Å². The number of methoxy groups -OCH3 is 2. The largest absolute Gasteiger partial charge is 0.493 e. The van der Waals surface area contributed by atoms with E-state index >= 15 is 0 Å². The molecule has 22 heavy (non-hydrogen) atoms. The lowest BCUT2D eigenvalue weighted by atomic mass is 10.0. The van der Waals surface area contributed by atoms with E-state index in [9.17, 15) is 0 Å². The Morgan fingerprint density at radius 1 is 0.955 bits per heavy atom. The van der Waals surface area contributed by atoms with Crippen molar-refractivity contribution in [1.82, 2.24) is 4.98 Å². The van der Waals surface area contributed by atoms with Gasteiger partial charge in [-0.3, -0.25) is 4.98 Å². The predicted octanol–water partition coefficient (Wildman–Crippen LogP) is 4.45. The number of ether oxygens (including phenoxy) is 2. The van der Waals surface area contributed by atoms with Gasteiger partial charge in [-0.1, -0.05) is 12.1 Å². The highest BCUT2D eigenvalue weighted by molar-refractivity contribution is 14.1. The zero-order valence-electron chi connectivity index (χ0n) is 12.5. The number of fused-ring (bicyclic) bond motifs is 1. The molecule has 4 heteroatoms. The summed E-state index contributed by atoms with van der Waals surface area (Å²) in [7, 11) is 3.30. The smallest absolute Gasteiger partial charge is 0.161 e. The molecule has 0 N–H and O–H groups in total. The molecular weight excluding hydrogens is 389 g/mol. The molecule has 0 saturated carbocycles. The van der Waals surface area contributed by atoms with E-state index in [1.165, 1.54) is 14.7 Å². The van der Waals surface area contributed by atoms with E-state index in [-0.39, 0.29) is 0 Å². The van der Waals surface area contributed by atoms with E-state index in [0.717, 1.165) is 28.7 Å². The molecule has 3 aromatic rings. The van der Waals surface area contributed by atoms with Gasteiger partial charge in [-0.15, -0.1) is 0 Å². The Morgan fingerprint density at radius 3 is 2.32 bits per heavy atom. The first-order chi connectivity index (χ1) is 10.7. The molecule has 0 aliphatic carbocycles. The average Bonchev–Trinajstić information content (AvgIpc) is 2.56. The molecule has 0 atom stereocenters. The molecule has 3 nitrogen and oxygen atoms in total. The second-order valence-electron chi connectivity index (χ2n) is 5.03. The SMILES string of the molecule is COc1cc2cncc(Cc3ccc(I)cc3)c2cc1OC. The summed E-state index contributed by atoms with van der Waals surface area (Å²) in [6, 6.07) is 12.6. The van der Waals surface area contributed by atoms with Crippen LogP contribution in [0.2, 0.25) is 0 Å². The van der Waals surface area contributed by atoms with Gasteiger partial charge in [-0.2, -0.15) is 0 Å². The molecule has 1 heterocycles. The topological polar surface area (TPSA) is 31.4 Å². The number of halogens is 1. The van der Waals surface area contributed by atoms with Gasteiger partial charge < -0.3 is 9.47 Å². The zero-order chi connectivity index (χ0) is 15.5. The summed E-state index contributed by atoms with van der Waals surface area (Å²) < 4.78 is 12.0. The van der Waals surface area contributed by atoms with Crippen LogP contribution in [-0.4, -0.2) is 19.2 Å². The second kappa shape index (κ2) is 6.52. The second-order valence-corrected chi connectivity index (χ2v) is 6.28. The summed E-state index contributed by atoms with van der Waals surface area (Å²) in [4.78, 5) is 4.36. The summed E-state index contributed by atoms with van der Waals surface area (Å²) >= 11 is 2.32. The Morgan fingerprint density at radius 2 is 1.64 bits per heavy atom. The summed E-state index contributed by atoms with van der Waals surface area (Å²) in [6.45, 7) is 0. The molecule has 0 fully saturated rings. The minimum absolute atomic E-state index is 0.725.